The molecule has 0 radical (unpaired) electrons. The molecule has 0 aliphatic carbocycles. The molecule has 0 aliphatic heterocycles. The predicted octanol–water partition coefficient (Wildman–Crippen LogP) is 6.58. The number of hydrogen-bond acceptors (Lipinski definition) is 0. The molecule has 0 aliphatic rings. The van der Waals surface area contributed by atoms with Crippen LogP contribution in [0, 0.1) is 12.1 Å². The zero-order valence-corrected chi connectivity index (χ0v) is 18.3. The Labute approximate surface area is 171 Å². The van der Waals surface area contributed by atoms with Gasteiger partial charge >= 0.3 is 37.6 Å². The molecule has 0 fully saturated rings. The molecular weight excluding hydrogens is 373 g/mol. The standard InChI is InChI=1S/C9H7.C4H4N.C4H9.C3H6.2ClH.Ti/c1-2-5-9-7-3-6-8(9)4-1;1-2-4-5-3-1;1-4(2)3;1-3-2;;;/h1-7H;1-3,5H;1-3H3;1-2H3;2*1H;/q3*-1;;;;. The molecule has 3 rings (SSSR count). The number of fused-ring (bicyclic) bond motifs is 1. The molecule has 0 saturated heterocycles. The van der Waals surface area contributed by atoms with Crippen molar-refractivity contribution in [3.8, 4) is 0 Å². The first-order valence-corrected chi connectivity index (χ1v) is 8.10. The third kappa shape index (κ3) is 19.3. The Morgan fingerprint density at radius 3 is 1.96 bits per heavy atom. The van der Waals surface area contributed by atoms with E-state index in [1.807, 2.05) is 18.3 Å². The Hall–Kier alpha value is -0.726. The van der Waals surface area contributed by atoms with Gasteiger partial charge in [-0.05, 0) is 0 Å². The van der Waals surface area contributed by atoms with E-state index >= 15 is 0 Å². The zero-order chi connectivity index (χ0) is 16.8. The van der Waals surface area contributed by atoms with Crippen LogP contribution in [0.5, 0.6) is 0 Å². The molecule has 0 bridgehead atoms. The first-order chi connectivity index (χ1) is 10.4. The first kappa shape index (κ1) is 28.1. The van der Waals surface area contributed by atoms with E-state index in [0.717, 1.165) is 0 Å². The SMILES string of the molecule is C[C-](C)C.C[C](C)=[Ti].Cl.Cl.[c-]1ccc[nH]1.c1ccc2[cH-]ccc2c1. The summed E-state index contributed by atoms with van der Waals surface area (Å²) in [5.41, 5.74) is 0. The molecule has 4 heteroatoms. The summed E-state index contributed by atoms with van der Waals surface area (Å²) >= 11 is 2.08. The van der Waals surface area contributed by atoms with Gasteiger partial charge in [0.05, 0.1) is 0 Å². The quantitative estimate of drug-likeness (QED) is 0.323. The van der Waals surface area contributed by atoms with Crippen LogP contribution in [0.4, 0.5) is 0 Å². The van der Waals surface area contributed by atoms with Crippen molar-refractivity contribution < 1.29 is 20.0 Å². The minimum atomic E-state index is 0. The third-order valence-corrected chi connectivity index (χ3v) is 1.99. The fourth-order valence-electron chi connectivity index (χ4n) is 1.31. The Balaban J connectivity index is -0.000000258. The maximum atomic E-state index is 2.74. The summed E-state index contributed by atoms with van der Waals surface area (Å²) in [5.74, 6) is 1.42. The normalized spacial score (nSPS) is 8.04. The summed E-state index contributed by atoms with van der Waals surface area (Å²) in [7, 11) is 0. The topological polar surface area (TPSA) is 15.8 Å². The molecule has 0 unspecified atom stereocenters. The molecule has 0 saturated carbocycles. The van der Waals surface area contributed by atoms with Gasteiger partial charge in [0.2, 0.25) is 0 Å². The third-order valence-electron chi connectivity index (χ3n) is 1.99. The van der Waals surface area contributed by atoms with Crippen LogP contribution in [-0.2, 0) is 20.0 Å². The van der Waals surface area contributed by atoms with Gasteiger partial charge in [-0.25, -0.2) is 0 Å². The summed E-state index contributed by atoms with van der Waals surface area (Å²) < 4.78 is 1.42. The molecule has 134 valence electrons. The van der Waals surface area contributed by atoms with E-state index in [1.165, 1.54) is 20.5 Å². The molecule has 0 spiro atoms. The minimum absolute atomic E-state index is 0. The number of benzene rings is 1. The second kappa shape index (κ2) is 18.6. The van der Waals surface area contributed by atoms with Gasteiger partial charge in [0.25, 0.3) is 0 Å². The molecule has 24 heavy (non-hydrogen) atoms. The van der Waals surface area contributed by atoms with Gasteiger partial charge in [-0.1, -0.05) is 6.07 Å². The molecule has 0 atom stereocenters. The van der Waals surface area contributed by atoms with E-state index in [1.54, 1.807) is 0 Å². The molecule has 1 nitrogen and oxygen atoms in total. The maximum Gasteiger partial charge on any atom is -0.0809 e. The van der Waals surface area contributed by atoms with Crippen LogP contribution in [0.1, 0.15) is 34.6 Å². The minimum Gasteiger partial charge on any atom is -0.484 e. The number of halogens is 2. The maximum absolute atomic E-state index is 2.74. The smallest absolute Gasteiger partial charge is 0.0809 e. The zero-order valence-electron chi connectivity index (χ0n) is 15.1. The van der Waals surface area contributed by atoms with Crippen molar-refractivity contribution >= 4 is 39.4 Å². The summed E-state index contributed by atoms with van der Waals surface area (Å²) in [6.07, 6.45) is 4.56. The molecule has 1 heterocycles. The monoisotopic (exact) mass is 400 g/mol. The second-order valence-corrected chi connectivity index (χ2v) is 7.03. The summed E-state index contributed by atoms with van der Waals surface area (Å²) in [4.78, 5) is 2.74. The van der Waals surface area contributed by atoms with Gasteiger partial charge in [-0.15, -0.1) is 60.7 Å². The Bertz CT molecular complexity index is 547. The van der Waals surface area contributed by atoms with Crippen LogP contribution in [0.2, 0.25) is 0 Å². The molecule has 0 amide bonds. The number of nitrogens with one attached hydrogen (secondary N) is 1. The van der Waals surface area contributed by atoms with Crippen LogP contribution in [0.25, 0.3) is 10.8 Å². The molecular formula is C20H28Cl2NTi-3. The van der Waals surface area contributed by atoms with Crippen molar-refractivity contribution in [3.05, 3.63) is 72.9 Å². The van der Waals surface area contributed by atoms with Crippen molar-refractivity contribution in [3.63, 3.8) is 0 Å². The molecule has 3 aromatic rings. The number of hydrogen-bond donors (Lipinski definition) is 1. The van der Waals surface area contributed by atoms with Crippen LogP contribution in [0.15, 0.2) is 60.8 Å². The van der Waals surface area contributed by atoms with Crippen LogP contribution >= 0.6 is 24.8 Å². The van der Waals surface area contributed by atoms with Gasteiger partial charge in [-0.3, -0.25) is 0 Å². The van der Waals surface area contributed by atoms with E-state index in [2.05, 4.69) is 108 Å². The fraction of sp³-hybridized carbons (Fsp3) is 0.250. The van der Waals surface area contributed by atoms with Gasteiger partial charge in [0.15, 0.2) is 0 Å². The van der Waals surface area contributed by atoms with Crippen molar-refractivity contribution in [1.82, 2.24) is 4.98 Å². The average Bonchev–Trinajstić information content (AvgIpc) is 3.12. The van der Waals surface area contributed by atoms with Crippen LogP contribution in [0.3, 0.4) is 0 Å². The van der Waals surface area contributed by atoms with Crippen molar-refractivity contribution in [2.45, 2.75) is 34.6 Å². The van der Waals surface area contributed by atoms with Gasteiger partial charge in [0, 0.05) is 0 Å². The summed E-state index contributed by atoms with van der Waals surface area (Å²) in [6, 6.07) is 18.4. The van der Waals surface area contributed by atoms with Crippen molar-refractivity contribution in [1.29, 1.82) is 0 Å². The summed E-state index contributed by atoms with van der Waals surface area (Å²) in [5, 5.41) is 2.66. The Morgan fingerprint density at radius 2 is 1.58 bits per heavy atom. The van der Waals surface area contributed by atoms with E-state index in [4.69, 9.17) is 0 Å². The molecule has 1 N–H and O–H groups in total. The average molecular weight is 401 g/mol. The van der Waals surface area contributed by atoms with Gasteiger partial charge in [0.1, 0.15) is 0 Å². The Kier molecular flexibility index (Phi) is 21.8. The second-order valence-electron chi connectivity index (χ2n) is 5.47. The van der Waals surface area contributed by atoms with Gasteiger partial charge in [-0.2, -0.15) is 56.6 Å². The molecule has 1 aromatic heterocycles. The predicted molar refractivity (Wildman–Crippen MR) is 110 cm³/mol. The largest absolute Gasteiger partial charge is 0.484 e. The van der Waals surface area contributed by atoms with E-state index in [9.17, 15) is 0 Å². The fourth-order valence-corrected chi connectivity index (χ4v) is 1.31. The van der Waals surface area contributed by atoms with E-state index in [-0.39, 0.29) is 24.8 Å². The number of aromatic nitrogens is 1. The van der Waals surface area contributed by atoms with Crippen molar-refractivity contribution in [2.75, 3.05) is 0 Å². The Morgan fingerprint density at radius 1 is 1.04 bits per heavy atom. The molecule has 2 aromatic carbocycles. The number of H-pyrrole nitrogens is 1. The number of rotatable bonds is 0. The van der Waals surface area contributed by atoms with Crippen LogP contribution in [-0.4, -0.2) is 8.80 Å². The van der Waals surface area contributed by atoms with E-state index in [0.29, 0.717) is 0 Å². The number of aromatic amines is 1. The summed E-state index contributed by atoms with van der Waals surface area (Å²) in [6.45, 7) is 10.4. The van der Waals surface area contributed by atoms with Crippen molar-refractivity contribution in [2.24, 2.45) is 0 Å². The van der Waals surface area contributed by atoms with Gasteiger partial charge < -0.3 is 10.9 Å². The van der Waals surface area contributed by atoms with E-state index < -0.39 is 0 Å². The van der Waals surface area contributed by atoms with Crippen LogP contribution < -0.4 is 0 Å². The first-order valence-electron chi connectivity index (χ1n) is 7.32.